The van der Waals surface area contributed by atoms with Gasteiger partial charge in [0.1, 0.15) is 5.60 Å². The van der Waals surface area contributed by atoms with Gasteiger partial charge in [-0.25, -0.2) is 0 Å². The van der Waals surface area contributed by atoms with Gasteiger partial charge in [0, 0.05) is 25.9 Å². The summed E-state index contributed by atoms with van der Waals surface area (Å²) >= 11 is 0. The highest BCUT2D eigenvalue weighted by molar-refractivity contribution is 6.01. The molecule has 4 rings (SSSR count). The average molecular weight is 320 g/mol. The molecule has 1 fully saturated rings. The highest BCUT2D eigenvalue weighted by Gasteiger charge is 2.40. The average Bonchev–Trinajstić information content (AvgIpc) is 2.95. The third-order valence-corrected chi connectivity index (χ3v) is 5.19. The van der Waals surface area contributed by atoms with Crippen molar-refractivity contribution in [1.29, 1.82) is 0 Å². The van der Waals surface area contributed by atoms with Crippen molar-refractivity contribution < 1.29 is 4.84 Å². The van der Waals surface area contributed by atoms with Crippen LogP contribution in [0.3, 0.4) is 0 Å². The van der Waals surface area contributed by atoms with Gasteiger partial charge < -0.3 is 4.84 Å². The van der Waals surface area contributed by atoms with Crippen LogP contribution in [0, 0.1) is 0 Å². The van der Waals surface area contributed by atoms with Crippen LogP contribution in [-0.2, 0) is 11.4 Å². The van der Waals surface area contributed by atoms with Gasteiger partial charge in [-0.3, -0.25) is 4.90 Å². The first-order valence-corrected chi connectivity index (χ1v) is 8.90. The van der Waals surface area contributed by atoms with Gasteiger partial charge in [0.2, 0.25) is 0 Å². The van der Waals surface area contributed by atoms with E-state index in [0.717, 1.165) is 44.6 Å². The van der Waals surface area contributed by atoms with Crippen LogP contribution in [-0.4, -0.2) is 29.3 Å². The standard InChI is InChI=1S/C21H24N2O/c1-3-8-18(9-4-1)17-23-14-7-12-21(13-15-23)16-20(22-24-21)19-10-5-2-6-11-19/h1-6,8-11H,7,12-17H2. The Balaban J connectivity index is 1.39. The summed E-state index contributed by atoms with van der Waals surface area (Å²) in [6.45, 7) is 3.25. The lowest BCUT2D eigenvalue weighted by Gasteiger charge is -2.25. The number of hydrogen-bond acceptors (Lipinski definition) is 3. The van der Waals surface area contributed by atoms with E-state index in [1.807, 2.05) is 6.07 Å². The molecule has 1 unspecified atom stereocenters. The lowest BCUT2D eigenvalue weighted by Crippen LogP contribution is -2.31. The van der Waals surface area contributed by atoms with Crippen molar-refractivity contribution in [2.75, 3.05) is 13.1 Å². The summed E-state index contributed by atoms with van der Waals surface area (Å²) in [6.07, 6.45) is 4.26. The van der Waals surface area contributed by atoms with Crippen molar-refractivity contribution >= 4 is 5.71 Å². The predicted octanol–water partition coefficient (Wildman–Crippen LogP) is 4.24. The third-order valence-electron chi connectivity index (χ3n) is 5.19. The quantitative estimate of drug-likeness (QED) is 0.845. The Morgan fingerprint density at radius 2 is 1.67 bits per heavy atom. The Labute approximate surface area is 143 Å². The largest absolute Gasteiger partial charge is 0.389 e. The molecule has 2 aromatic rings. The molecular weight excluding hydrogens is 296 g/mol. The monoisotopic (exact) mass is 320 g/mol. The maximum Gasteiger partial charge on any atom is 0.144 e. The summed E-state index contributed by atoms with van der Waals surface area (Å²) in [5.74, 6) is 0. The number of hydrogen-bond donors (Lipinski definition) is 0. The second-order valence-electron chi connectivity index (χ2n) is 6.97. The van der Waals surface area contributed by atoms with E-state index in [2.05, 4.69) is 64.7 Å². The van der Waals surface area contributed by atoms with Crippen molar-refractivity contribution in [3.8, 4) is 0 Å². The molecule has 3 nitrogen and oxygen atoms in total. The Morgan fingerprint density at radius 3 is 2.46 bits per heavy atom. The first-order chi connectivity index (χ1) is 11.8. The molecule has 0 bridgehead atoms. The molecule has 0 amide bonds. The number of benzene rings is 2. The minimum Gasteiger partial charge on any atom is -0.389 e. The van der Waals surface area contributed by atoms with E-state index in [1.54, 1.807) is 0 Å². The summed E-state index contributed by atoms with van der Waals surface area (Å²) in [7, 11) is 0. The molecule has 2 aromatic carbocycles. The van der Waals surface area contributed by atoms with Crippen LogP contribution in [0.5, 0.6) is 0 Å². The van der Waals surface area contributed by atoms with E-state index < -0.39 is 0 Å². The van der Waals surface area contributed by atoms with Gasteiger partial charge in [0.25, 0.3) is 0 Å². The van der Waals surface area contributed by atoms with Crippen LogP contribution in [0.25, 0.3) is 0 Å². The second-order valence-corrected chi connectivity index (χ2v) is 6.97. The van der Waals surface area contributed by atoms with Crippen molar-refractivity contribution in [2.24, 2.45) is 5.16 Å². The molecule has 1 spiro atoms. The van der Waals surface area contributed by atoms with Crippen LogP contribution in [0.2, 0.25) is 0 Å². The first kappa shape index (κ1) is 15.4. The normalized spacial score (nSPS) is 24.4. The fourth-order valence-corrected chi connectivity index (χ4v) is 3.80. The number of oxime groups is 1. The fraction of sp³-hybridized carbons (Fsp3) is 0.381. The van der Waals surface area contributed by atoms with E-state index in [-0.39, 0.29) is 5.60 Å². The number of likely N-dealkylation sites (tertiary alicyclic amines) is 1. The lowest BCUT2D eigenvalue weighted by atomic mass is 9.88. The lowest BCUT2D eigenvalue weighted by molar-refractivity contribution is -0.0293. The maximum absolute atomic E-state index is 5.99. The Bertz CT molecular complexity index is 698. The van der Waals surface area contributed by atoms with Gasteiger partial charge >= 0.3 is 0 Å². The molecule has 0 saturated carbocycles. The minimum absolute atomic E-state index is 0.0867. The molecule has 0 aliphatic carbocycles. The summed E-state index contributed by atoms with van der Waals surface area (Å²) in [5.41, 5.74) is 3.60. The molecule has 24 heavy (non-hydrogen) atoms. The molecule has 1 atom stereocenters. The van der Waals surface area contributed by atoms with Crippen LogP contribution in [0.1, 0.15) is 36.8 Å². The van der Waals surface area contributed by atoms with Gasteiger partial charge in [-0.1, -0.05) is 65.8 Å². The summed E-state index contributed by atoms with van der Waals surface area (Å²) < 4.78 is 0. The topological polar surface area (TPSA) is 24.8 Å². The van der Waals surface area contributed by atoms with E-state index in [1.165, 1.54) is 17.5 Å². The van der Waals surface area contributed by atoms with Crippen LogP contribution < -0.4 is 0 Å². The zero-order chi connectivity index (χ0) is 16.2. The molecule has 2 aliphatic rings. The Hall–Kier alpha value is -2.13. The maximum atomic E-state index is 5.99. The molecule has 1 saturated heterocycles. The Kier molecular flexibility index (Phi) is 4.35. The molecule has 3 heteroatoms. The summed E-state index contributed by atoms with van der Waals surface area (Å²) in [4.78, 5) is 8.54. The summed E-state index contributed by atoms with van der Waals surface area (Å²) in [6, 6.07) is 21.2. The van der Waals surface area contributed by atoms with E-state index in [0.29, 0.717) is 0 Å². The molecule has 124 valence electrons. The molecular formula is C21H24N2O. The number of nitrogens with zero attached hydrogens (tertiary/aromatic N) is 2. The van der Waals surface area contributed by atoms with Gasteiger partial charge in [-0.05, 0) is 30.5 Å². The Morgan fingerprint density at radius 1 is 0.917 bits per heavy atom. The minimum atomic E-state index is -0.0867. The molecule has 0 radical (unpaired) electrons. The number of rotatable bonds is 3. The van der Waals surface area contributed by atoms with Crippen molar-refractivity contribution in [2.45, 2.75) is 37.8 Å². The molecule has 2 aliphatic heterocycles. The van der Waals surface area contributed by atoms with Crippen molar-refractivity contribution in [3.05, 3.63) is 71.8 Å². The fourth-order valence-electron chi connectivity index (χ4n) is 3.80. The van der Waals surface area contributed by atoms with Crippen LogP contribution in [0.15, 0.2) is 65.8 Å². The smallest absolute Gasteiger partial charge is 0.144 e. The van der Waals surface area contributed by atoms with Crippen molar-refractivity contribution in [3.63, 3.8) is 0 Å². The molecule has 2 heterocycles. The highest BCUT2D eigenvalue weighted by Crippen LogP contribution is 2.36. The first-order valence-electron chi connectivity index (χ1n) is 8.90. The SMILES string of the molecule is c1ccc(CN2CCCC3(CC2)CC(c2ccccc2)=NO3)cc1. The van der Waals surface area contributed by atoms with Crippen LogP contribution >= 0.6 is 0 Å². The second kappa shape index (κ2) is 6.78. The predicted molar refractivity (Wildman–Crippen MR) is 97.0 cm³/mol. The third kappa shape index (κ3) is 3.36. The van der Waals surface area contributed by atoms with Crippen LogP contribution in [0.4, 0.5) is 0 Å². The van der Waals surface area contributed by atoms with E-state index >= 15 is 0 Å². The van der Waals surface area contributed by atoms with E-state index in [9.17, 15) is 0 Å². The molecule has 0 N–H and O–H groups in total. The molecule has 0 aromatic heterocycles. The van der Waals surface area contributed by atoms with Gasteiger partial charge in [-0.2, -0.15) is 0 Å². The zero-order valence-electron chi connectivity index (χ0n) is 14.0. The summed E-state index contributed by atoms with van der Waals surface area (Å²) in [5, 5.41) is 4.43. The van der Waals surface area contributed by atoms with Crippen molar-refractivity contribution in [1.82, 2.24) is 4.90 Å². The van der Waals surface area contributed by atoms with Gasteiger partial charge in [0.15, 0.2) is 0 Å². The van der Waals surface area contributed by atoms with Gasteiger partial charge in [0.05, 0.1) is 5.71 Å². The highest BCUT2D eigenvalue weighted by atomic mass is 16.7. The van der Waals surface area contributed by atoms with E-state index in [4.69, 9.17) is 4.84 Å². The van der Waals surface area contributed by atoms with Gasteiger partial charge in [-0.15, -0.1) is 0 Å². The zero-order valence-corrected chi connectivity index (χ0v) is 14.0.